The lowest BCUT2D eigenvalue weighted by atomic mass is 10.1. The van der Waals surface area contributed by atoms with E-state index in [4.69, 9.17) is 0 Å². The van der Waals surface area contributed by atoms with Crippen molar-refractivity contribution in [3.63, 3.8) is 0 Å². The quantitative estimate of drug-likeness (QED) is 0.858. The standard InChI is InChI=1S/C11H19IN4/c1-7(2)10-9(12)11(13-3)15-8(14-10)6-16(4)5/h7H,6H2,1-5H3,(H,13,14,15). The molecule has 0 saturated carbocycles. The first kappa shape index (κ1) is 13.6. The summed E-state index contributed by atoms with van der Waals surface area (Å²) >= 11 is 2.31. The van der Waals surface area contributed by atoms with Crippen molar-refractivity contribution in [3.8, 4) is 0 Å². The van der Waals surface area contributed by atoms with Gasteiger partial charge in [-0.05, 0) is 42.6 Å². The monoisotopic (exact) mass is 334 g/mol. The van der Waals surface area contributed by atoms with Crippen molar-refractivity contribution in [2.75, 3.05) is 26.5 Å². The van der Waals surface area contributed by atoms with Crippen LogP contribution in [0.5, 0.6) is 0 Å². The van der Waals surface area contributed by atoms with Crippen LogP contribution in [0, 0.1) is 3.57 Å². The highest BCUT2D eigenvalue weighted by atomic mass is 127. The van der Waals surface area contributed by atoms with Crippen LogP contribution >= 0.6 is 22.6 Å². The molecule has 0 saturated heterocycles. The Bertz CT molecular complexity index is 363. The van der Waals surface area contributed by atoms with Gasteiger partial charge in [0.1, 0.15) is 11.6 Å². The fourth-order valence-corrected chi connectivity index (χ4v) is 2.55. The first-order valence-corrected chi connectivity index (χ1v) is 6.42. The Hall–Kier alpha value is -0.430. The van der Waals surface area contributed by atoms with Crippen LogP contribution in [-0.2, 0) is 6.54 Å². The van der Waals surface area contributed by atoms with E-state index in [9.17, 15) is 0 Å². The zero-order valence-electron chi connectivity index (χ0n) is 10.5. The normalized spacial score (nSPS) is 11.2. The zero-order chi connectivity index (χ0) is 12.3. The van der Waals surface area contributed by atoms with Gasteiger partial charge in [-0.1, -0.05) is 13.8 Å². The number of hydrogen-bond acceptors (Lipinski definition) is 4. The summed E-state index contributed by atoms with van der Waals surface area (Å²) in [5, 5.41) is 3.13. The third-order valence-electron chi connectivity index (χ3n) is 2.16. The molecule has 0 aliphatic rings. The maximum atomic E-state index is 4.62. The van der Waals surface area contributed by atoms with Gasteiger partial charge in [0, 0.05) is 7.05 Å². The Balaban J connectivity index is 3.17. The number of nitrogens with zero attached hydrogens (tertiary/aromatic N) is 3. The Labute approximate surface area is 111 Å². The molecule has 1 heterocycles. The molecular formula is C11H19IN4. The molecule has 0 amide bonds. The van der Waals surface area contributed by atoms with Crippen molar-refractivity contribution in [1.82, 2.24) is 14.9 Å². The Kier molecular flexibility index (Phi) is 4.91. The minimum atomic E-state index is 0.419. The second kappa shape index (κ2) is 5.77. The summed E-state index contributed by atoms with van der Waals surface area (Å²) in [4.78, 5) is 11.2. The van der Waals surface area contributed by atoms with Crippen LogP contribution in [0.1, 0.15) is 31.3 Å². The first-order valence-electron chi connectivity index (χ1n) is 5.34. The summed E-state index contributed by atoms with van der Waals surface area (Å²) < 4.78 is 1.12. The van der Waals surface area contributed by atoms with Crippen molar-refractivity contribution >= 4 is 28.4 Å². The molecule has 0 spiro atoms. The minimum absolute atomic E-state index is 0.419. The van der Waals surface area contributed by atoms with Gasteiger partial charge in [0.15, 0.2) is 0 Å². The van der Waals surface area contributed by atoms with Gasteiger partial charge in [-0.25, -0.2) is 9.97 Å². The molecule has 90 valence electrons. The number of nitrogens with one attached hydrogen (secondary N) is 1. The number of anilines is 1. The molecule has 0 atom stereocenters. The van der Waals surface area contributed by atoms with Gasteiger partial charge in [0.25, 0.3) is 0 Å². The molecule has 5 heteroatoms. The van der Waals surface area contributed by atoms with Gasteiger partial charge in [-0.3, -0.25) is 0 Å². The Morgan fingerprint density at radius 1 is 1.31 bits per heavy atom. The molecule has 16 heavy (non-hydrogen) atoms. The SMILES string of the molecule is CNc1nc(CN(C)C)nc(C(C)C)c1I. The second-order valence-corrected chi connectivity index (χ2v) is 5.41. The minimum Gasteiger partial charge on any atom is -0.372 e. The highest BCUT2D eigenvalue weighted by Gasteiger charge is 2.14. The number of halogens is 1. The molecule has 1 aromatic rings. The van der Waals surface area contributed by atoms with Gasteiger partial charge in [0.05, 0.1) is 15.8 Å². The van der Waals surface area contributed by atoms with E-state index in [1.165, 1.54) is 0 Å². The Morgan fingerprint density at radius 2 is 1.94 bits per heavy atom. The largest absolute Gasteiger partial charge is 0.372 e. The predicted octanol–water partition coefficient (Wildman–Crippen LogP) is 2.31. The van der Waals surface area contributed by atoms with Crippen LogP contribution in [0.15, 0.2) is 0 Å². The maximum Gasteiger partial charge on any atom is 0.145 e. The second-order valence-electron chi connectivity index (χ2n) is 4.33. The van der Waals surface area contributed by atoms with Crippen LogP contribution in [0.2, 0.25) is 0 Å². The smallest absolute Gasteiger partial charge is 0.145 e. The number of rotatable bonds is 4. The van der Waals surface area contributed by atoms with Crippen molar-refractivity contribution in [2.24, 2.45) is 0 Å². The molecule has 0 aromatic carbocycles. The van der Waals surface area contributed by atoms with E-state index in [0.717, 1.165) is 27.5 Å². The van der Waals surface area contributed by atoms with Crippen LogP contribution < -0.4 is 5.32 Å². The molecule has 0 fully saturated rings. The van der Waals surface area contributed by atoms with E-state index < -0.39 is 0 Å². The third-order valence-corrected chi connectivity index (χ3v) is 3.23. The summed E-state index contributed by atoms with van der Waals surface area (Å²) in [6.07, 6.45) is 0. The molecule has 0 aliphatic heterocycles. The van der Waals surface area contributed by atoms with E-state index in [1.807, 2.05) is 21.1 Å². The predicted molar refractivity (Wildman–Crippen MR) is 75.8 cm³/mol. The fraction of sp³-hybridized carbons (Fsp3) is 0.636. The summed E-state index contributed by atoms with van der Waals surface area (Å²) in [6, 6.07) is 0. The fourth-order valence-electron chi connectivity index (χ4n) is 1.41. The van der Waals surface area contributed by atoms with Gasteiger partial charge in [0.2, 0.25) is 0 Å². The topological polar surface area (TPSA) is 41.1 Å². The highest BCUT2D eigenvalue weighted by molar-refractivity contribution is 14.1. The molecule has 0 aliphatic carbocycles. The van der Waals surface area contributed by atoms with E-state index in [0.29, 0.717) is 5.92 Å². The van der Waals surface area contributed by atoms with Crippen molar-refractivity contribution < 1.29 is 0 Å². The Morgan fingerprint density at radius 3 is 2.38 bits per heavy atom. The molecule has 1 rings (SSSR count). The average Bonchev–Trinajstić information content (AvgIpc) is 2.19. The van der Waals surface area contributed by atoms with Gasteiger partial charge in [-0.2, -0.15) is 0 Å². The lowest BCUT2D eigenvalue weighted by molar-refractivity contribution is 0.389. The van der Waals surface area contributed by atoms with Gasteiger partial charge >= 0.3 is 0 Å². The molecular weight excluding hydrogens is 315 g/mol. The van der Waals surface area contributed by atoms with E-state index >= 15 is 0 Å². The molecule has 0 bridgehead atoms. The van der Waals surface area contributed by atoms with Crippen LogP contribution in [0.3, 0.4) is 0 Å². The molecule has 4 nitrogen and oxygen atoms in total. The summed E-state index contributed by atoms with van der Waals surface area (Å²) in [5.74, 6) is 2.22. The van der Waals surface area contributed by atoms with Crippen LogP contribution in [-0.4, -0.2) is 36.0 Å². The molecule has 0 radical (unpaired) electrons. The number of aromatic nitrogens is 2. The number of hydrogen-bond donors (Lipinski definition) is 1. The van der Waals surface area contributed by atoms with Crippen LogP contribution in [0.4, 0.5) is 5.82 Å². The lowest BCUT2D eigenvalue weighted by Crippen LogP contribution is -2.16. The molecule has 1 aromatic heterocycles. The maximum absolute atomic E-state index is 4.62. The van der Waals surface area contributed by atoms with Crippen molar-refractivity contribution in [2.45, 2.75) is 26.3 Å². The van der Waals surface area contributed by atoms with Gasteiger partial charge in [-0.15, -0.1) is 0 Å². The van der Waals surface area contributed by atoms with Gasteiger partial charge < -0.3 is 10.2 Å². The highest BCUT2D eigenvalue weighted by Crippen LogP contribution is 2.24. The first-order chi connectivity index (χ1) is 7.45. The third kappa shape index (κ3) is 3.28. The van der Waals surface area contributed by atoms with Crippen molar-refractivity contribution in [1.29, 1.82) is 0 Å². The van der Waals surface area contributed by atoms with E-state index in [-0.39, 0.29) is 0 Å². The van der Waals surface area contributed by atoms with E-state index in [1.54, 1.807) is 0 Å². The lowest BCUT2D eigenvalue weighted by Gasteiger charge is -2.15. The zero-order valence-corrected chi connectivity index (χ0v) is 12.7. The van der Waals surface area contributed by atoms with Crippen LogP contribution in [0.25, 0.3) is 0 Å². The molecule has 0 unspecified atom stereocenters. The van der Waals surface area contributed by atoms with Crippen molar-refractivity contribution in [3.05, 3.63) is 15.1 Å². The summed E-state index contributed by atoms with van der Waals surface area (Å²) in [7, 11) is 5.94. The summed E-state index contributed by atoms with van der Waals surface area (Å²) in [6.45, 7) is 5.08. The average molecular weight is 334 g/mol. The van der Waals surface area contributed by atoms with E-state index in [2.05, 4.69) is 56.6 Å². The summed E-state index contributed by atoms with van der Waals surface area (Å²) in [5.41, 5.74) is 1.12. The molecule has 1 N–H and O–H groups in total.